The summed E-state index contributed by atoms with van der Waals surface area (Å²) in [6, 6.07) is 5.67. The summed E-state index contributed by atoms with van der Waals surface area (Å²) in [6.45, 7) is 6.06. The Balaban J connectivity index is 1.87. The molecule has 0 aromatic heterocycles. The molecule has 0 saturated carbocycles. The molecule has 1 aromatic carbocycles. The van der Waals surface area contributed by atoms with Crippen molar-refractivity contribution in [2.24, 2.45) is 0 Å². The predicted octanol–water partition coefficient (Wildman–Crippen LogP) is 1.93. The van der Waals surface area contributed by atoms with Crippen molar-refractivity contribution in [3.05, 3.63) is 30.1 Å². The minimum absolute atomic E-state index is 0.175. The maximum Gasteiger partial charge on any atom is 0.409 e. The summed E-state index contributed by atoms with van der Waals surface area (Å²) in [5, 5.41) is 2.60. The Morgan fingerprint density at radius 1 is 1.26 bits per heavy atom. The van der Waals surface area contributed by atoms with Gasteiger partial charge in [0.1, 0.15) is 5.82 Å². The van der Waals surface area contributed by atoms with E-state index in [1.54, 1.807) is 30.9 Å². The van der Waals surface area contributed by atoms with Gasteiger partial charge in [0.25, 0.3) is 0 Å². The minimum atomic E-state index is -0.458. The van der Waals surface area contributed by atoms with Crippen LogP contribution in [0.2, 0.25) is 0 Å². The zero-order valence-electron chi connectivity index (χ0n) is 13.4. The summed E-state index contributed by atoms with van der Waals surface area (Å²) in [6.07, 6.45) is -0.324. The lowest BCUT2D eigenvalue weighted by molar-refractivity contribution is -0.121. The van der Waals surface area contributed by atoms with Crippen LogP contribution in [0.25, 0.3) is 0 Å². The summed E-state index contributed by atoms with van der Waals surface area (Å²) < 4.78 is 18.5. The highest BCUT2D eigenvalue weighted by Crippen LogP contribution is 2.14. The Labute approximate surface area is 135 Å². The van der Waals surface area contributed by atoms with Crippen LogP contribution in [0.3, 0.4) is 0 Å². The summed E-state index contributed by atoms with van der Waals surface area (Å²) in [7, 11) is 0. The number of benzene rings is 1. The molecule has 0 bridgehead atoms. The summed E-state index contributed by atoms with van der Waals surface area (Å²) in [4.78, 5) is 27.5. The minimum Gasteiger partial charge on any atom is -0.450 e. The van der Waals surface area contributed by atoms with Crippen molar-refractivity contribution in [2.45, 2.75) is 19.9 Å². The number of halogens is 1. The van der Waals surface area contributed by atoms with Gasteiger partial charge in [-0.2, -0.15) is 0 Å². The van der Waals surface area contributed by atoms with Gasteiger partial charge in [-0.15, -0.1) is 0 Å². The second-order valence-corrected chi connectivity index (χ2v) is 5.37. The first-order valence-electron chi connectivity index (χ1n) is 7.74. The normalized spacial score (nSPS) is 16.7. The van der Waals surface area contributed by atoms with Gasteiger partial charge in [0, 0.05) is 26.2 Å². The number of nitrogens with one attached hydrogen (secondary N) is 1. The second kappa shape index (κ2) is 7.92. The van der Waals surface area contributed by atoms with Gasteiger partial charge in [-0.1, -0.05) is 12.1 Å². The molecule has 1 aliphatic rings. The van der Waals surface area contributed by atoms with Crippen molar-refractivity contribution in [1.82, 2.24) is 9.80 Å². The lowest BCUT2D eigenvalue weighted by Crippen LogP contribution is -2.54. The number of hydrogen-bond acceptors (Lipinski definition) is 4. The molecule has 1 aliphatic heterocycles. The molecule has 1 fully saturated rings. The van der Waals surface area contributed by atoms with Crippen LogP contribution < -0.4 is 5.32 Å². The van der Waals surface area contributed by atoms with E-state index in [2.05, 4.69) is 5.32 Å². The molecule has 7 heteroatoms. The molecule has 126 valence electrons. The lowest BCUT2D eigenvalue weighted by atomic mass is 10.2. The zero-order chi connectivity index (χ0) is 16.8. The quantitative estimate of drug-likeness (QED) is 0.920. The standard InChI is InChI=1S/C16H22FN3O3/c1-3-23-16(22)20-10-8-19(9-11-20)12(2)15(21)18-14-7-5-4-6-13(14)17/h4-7,12H,3,8-11H2,1-2H3,(H,18,21)/t12-/m0/s1. The fourth-order valence-corrected chi connectivity index (χ4v) is 2.47. The van der Waals surface area contributed by atoms with Crippen LogP contribution in [0.4, 0.5) is 14.9 Å². The Morgan fingerprint density at radius 3 is 2.52 bits per heavy atom. The fraction of sp³-hybridized carbons (Fsp3) is 0.500. The highest BCUT2D eigenvalue weighted by Gasteiger charge is 2.28. The van der Waals surface area contributed by atoms with Gasteiger partial charge in [0.15, 0.2) is 0 Å². The summed E-state index contributed by atoms with van der Waals surface area (Å²) in [5.41, 5.74) is 0.175. The first-order valence-corrected chi connectivity index (χ1v) is 7.74. The molecule has 2 rings (SSSR count). The summed E-state index contributed by atoms with van der Waals surface area (Å²) >= 11 is 0. The number of para-hydroxylation sites is 1. The third-order valence-electron chi connectivity index (χ3n) is 3.90. The Hall–Kier alpha value is -2.15. The molecule has 0 radical (unpaired) electrons. The molecule has 0 spiro atoms. The number of rotatable bonds is 4. The van der Waals surface area contributed by atoms with Crippen molar-refractivity contribution in [1.29, 1.82) is 0 Å². The average Bonchev–Trinajstić information content (AvgIpc) is 2.56. The number of carbonyl (C=O) groups is 2. The van der Waals surface area contributed by atoms with Crippen LogP contribution in [0, 0.1) is 5.82 Å². The molecule has 1 atom stereocenters. The molecule has 1 heterocycles. The number of ether oxygens (including phenoxy) is 1. The summed E-state index contributed by atoms with van der Waals surface area (Å²) in [5.74, 6) is -0.722. The van der Waals surface area contributed by atoms with E-state index in [-0.39, 0.29) is 17.7 Å². The predicted molar refractivity (Wildman–Crippen MR) is 84.7 cm³/mol. The first-order chi connectivity index (χ1) is 11.0. The Bertz CT molecular complexity index is 559. The zero-order valence-corrected chi connectivity index (χ0v) is 13.4. The number of anilines is 1. The first kappa shape index (κ1) is 17.2. The van der Waals surface area contributed by atoms with Gasteiger partial charge in [-0.25, -0.2) is 9.18 Å². The number of amides is 2. The van der Waals surface area contributed by atoms with E-state index < -0.39 is 11.9 Å². The fourth-order valence-electron chi connectivity index (χ4n) is 2.47. The molecular weight excluding hydrogens is 301 g/mol. The van der Waals surface area contributed by atoms with E-state index in [0.717, 1.165) is 0 Å². The SMILES string of the molecule is CCOC(=O)N1CCN([C@@H](C)C(=O)Nc2ccccc2F)CC1. The van der Waals surface area contributed by atoms with E-state index in [1.807, 2.05) is 4.90 Å². The Morgan fingerprint density at radius 2 is 1.91 bits per heavy atom. The average molecular weight is 323 g/mol. The van der Waals surface area contributed by atoms with Crippen LogP contribution in [-0.2, 0) is 9.53 Å². The van der Waals surface area contributed by atoms with Crippen LogP contribution in [0.5, 0.6) is 0 Å². The highest BCUT2D eigenvalue weighted by molar-refractivity contribution is 5.94. The third-order valence-corrected chi connectivity index (χ3v) is 3.90. The van der Waals surface area contributed by atoms with E-state index >= 15 is 0 Å². The Kier molecular flexibility index (Phi) is 5.92. The number of nitrogens with zero attached hydrogens (tertiary/aromatic N) is 2. The maximum atomic E-state index is 13.6. The molecule has 0 aliphatic carbocycles. The van der Waals surface area contributed by atoms with Crippen molar-refractivity contribution < 1.29 is 18.7 Å². The number of carbonyl (C=O) groups excluding carboxylic acids is 2. The van der Waals surface area contributed by atoms with Crippen molar-refractivity contribution >= 4 is 17.7 Å². The molecule has 6 nitrogen and oxygen atoms in total. The molecule has 2 amide bonds. The van der Waals surface area contributed by atoms with Crippen molar-refractivity contribution in [3.63, 3.8) is 0 Å². The topological polar surface area (TPSA) is 61.9 Å². The largest absolute Gasteiger partial charge is 0.450 e. The van der Waals surface area contributed by atoms with Gasteiger partial charge >= 0.3 is 6.09 Å². The van der Waals surface area contributed by atoms with Gasteiger partial charge in [0.2, 0.25) is 5.91 Å². The molecule has 1 N–H and O–H groups in total. The van der Waals surface area contributed by atoms with Gasteiger partial charge in [0.05, 0.1) is 18.3 Å². The molecule has 23 heavy (non-hydrogen) atoms. The van der Waals surface area contributed by atoms with E-state index in [4.69, 9.17) is 4.74 Å². The van der Waals surface area contributed by atoms with Crippen LogP contribution in [0.15, 0.2) is 24.3 Å². The molecule has 0 unspecified atom stereocenters. The van der Waals surface area contributed by atoms with Gasteiger partial charge in [-0.05, 0) is 26.0 Å². The smallest absolute Gasteiger partial charge is 0.409 e. The van der Waals surface area contributed by atoms with E-state index in [9.17, 15) is 14.0 Å². The highest BCUT2D eigenvalue weighted by atomic mass is 19.1. The molecule has 1 saturated heterocycles. The molecule has 1 aromatic rings. The monoisotopic (exact) mass is 323 g/mol. The lowest BCUT2D eigenvalue weighted by Gasteiger charge is -2.36. The number of piperazine rings is 1. The van der Waals surface area contributed by atoms with Crippen LogP contribution >= 0.6 is 0 Å². The number of hydrogen-bond donors (Lipinski definition) is 1. The van der Waals surface area contributed by atoms with Gasteiger partial charge in [-0.3, -0.25) is 9.69 Å². The third kappa shape index (κ3) is 4.41. The van der Waals surface area contributed by atoms with Crippen LogP contribution in [0.1, 0.15) is 13.8 Å². The van der Waals surface area contributed by atoms with Crippen molar-refractivity contribution in [2.75, 3.05) is 38.1 Å². The maximum absolute atomic E-state index is 13.6. The molecular formula is C16H22FN3O3. The van der Waals surface area contributed by atoms with E-state index in [0.29, 0.717) is 32.8 Å². The van der Waals surface area contributed by atoms with Crippen LogP contribution in [-0.4, -0.2) is 60.6 Å². The second-order valence-electron chi connectivity index (χ2n) is 5.37. The van der Waals surface area contributed by atoms with Gasteiger partial charge < -0.3 is 15.0 Å². The van der Waals surface area contributed by atoms with E-state index in [1.165, 1.54) is 12.1 Å². The van der Waals surface area contributed by atoms with Crippen molar-refractivity contribution in [3.8, 4) is 0 Å².